The molecular weight excluding hydrogens is 162 g/mol. The summed E-state index contributed by atoms with van der Waals surface area (Å²) in [6.45, 7) is 2.06. The first-order valence-electron chi connectivity index (χ1n) is 4.24. The molecule has 13 heavy (non-hydrogen) atoms. The molecule has 0 bridgehead atoms. The van der Waals surface area contributed by atoms with E-state index in [0.717, 1.165) is 5.82 Å². The van der Waals surface area contributed by atoms with Crippen molar-refractivity contribution in [2.75, 3.05) is 0 Å². The van der Waals surface area contributed by atoms with E-state index in [-0.39, 0.29) is 0 Å². The Morgan fingerprint density at radius 3 is 2.77 bits per heavy atom. The number of imidazole rings is 1. The van der Waals surface area contributed by atoms with E-state index >= 15 is 0 Å². The average Bonchev–Trinajstić information content (AvgIpc) is 2.49. The monoisotopic (exact) mass is 174 g/mol. The van der Waals surface area contributed by atoms with Gasteiger partial charge in [-0.05, 0) is 6.07 Å². The first-order valence-corrected chi connectivity index (χ1v) is 4.24. The fourth-order valence-electron chi connectivity index (χ4n) is 1.29. The van der Waals surface area contributed by atoms with Gasteiger partial charge in [0, 0.05) is 19.2 Å². The lowest BCUT2D eigenvalue weighted by molar-refractivity contribution is -0.677. The Morgan fingerprint density at radius 1 is 1.38 bits per heavy atom. The fraction of sp³-hybridized carbons (Fsp3) is 0.200. The van der Waals surface area contributed by atoms with Gasteiger partial charge in [-0.15, -0.1) is 0 Å². The van der Waals surface area contributed by atoms with Crippen LogP contribution in [0.3, 0.4) is 0 Å². The van der Waals surface area contributed by atoms with Crippen molar-refractivity contribution >= 4 is 0 Å². The van der Waals surface area contributed by atoms with Gasteiger partial charge < -0.3 is 0 Å². The van der Waals surface area contributed by atoms with E-state index in [2.05, 4.69) is 21.0 Å². The van der Waals surface area contributed by atoms with Crippen LogP contribution < -0.4 is 4.57 Å². The van der Waals surface area contributed by atoms with Crippen molar-refractivity contribution in [2.45, 2.75) is 6.92 Å². The molecule has 0 fully saturated rings. The number of rotatable bonds is 1. The normalized spacial score (nSPS) is 10.3. The van der Waals surface area contributed by atoms with E-state index in [4.69, 9.17) is 0 Å². The van der Waals surface area contributed by atoms with E-state index < -0.39 is 0 Å². The van der Waals surface area contributed by atoms with Crippen LogP contribution in [0.25, 0.3) is 5.82 Å². The molecule has 0 amide bonds. The molecule has 0 radical (unpaired) electrons. The summed E-state index contributed by atoms with van der Waals surface area (Å²) in [5.74, 6) is 2.12. The van der Waals surface area contributed by atoms with Crippen LogP contribution in [0.15, 0.2) is 36.8 Å². The van der Waals surface area contributed by atoms with Gasteiger partial charge in [0.2, 0.25) is 5.82 Å². The number of pyridine rings is 1. The number of aryl methyl sites for hydroxylation is 1. The quantitative estimate of drug-likeness (QED) is 0.591. The third-order valence-corrected chi connectivity index (χ3v) is 2.19. The molecule has 66 valence electrons. The summed E-state index contributed by atoms with van der Waals surface area (Å²) >= 11 is 0. The maximum atomic E-state index is 4.27. The van der Waals surface area contributed by atoms with Crippen molar-refractivity contribution in [2.24, 2.45) is 7.05 Å². The van der Waals surface area contributed by atoms with Crippen LogP contribution in [0.1, 0.15) is 5.82 Å². The molecule has 3 nitrogen and oxygen atoms in total. The topological polar surface area (TPSA) is 21.7 Å². The third kappa shape index (κ3) is 1.33. The van der Waals surface area contributed by atoms with Crippen LogP contribution in [-0.4, -0.2) is 9.55 Å². The van der Waals surface area contributed by atoms with Gasteiger partial charge in [0.1, 0.15) is 12.4 Å². The Balaban J connectivity index is 2.53. The highest BCUT2D eigenvalue weighted by Gasteiger charge is 2.10. The van der Waals surface area contributed by atoms with Crippen molar-refractivity contribution in [1.82, 2.24) is 9.55 Å². The van der Waals surface area contributed by atoms with Crippen LogP contribution in [0.5, 0.6) is 0 Å². The molecular formula is C10H12N3+. The predicted octanol–water partition coefficient (Wildman–Crippen LogP) is 1.01. The van der Waals surface area contributed by atoms with Crippen LogP contribution in [0, 0.1) is 6.92 Å². The molecule has 0 aliphatic heterocycles. The summed E-state index contributed by atoms with van der Waals surface area (Å²) in [5.41, 5.74) is 0. The second-order valence-corrected chi connectivity index (χ2v) is 3.01. The zero-order valence-electron chi connectivity index (χ0n) is 7.81. The Labute approximate surface area is 77.3 Å². The molecule has 0 aliphatic rings. The van der Waals surface area contributed by atoms with Crippen molar-refractivity contribution < 1.29 is 4.57 Å². The predicted molar refractivity (Wildman–Crippen MR) is 49.5 cm³/mol. The largest absolute Gasteiger partial charge is 0.259 e. The van der Waals surface area contributed by atoms with E-state index in [0.29, 0.717) is 0 Å². The molecule has 3 heteroatoms. The summed E-state index contributed by atoms with van der Waals surface area (Å²) in [4.78, 5) is 4.27. The molecule has 0 spiro atoms. The molecule has 0 aromatic carbocycles. The molecule has 2 rings (SSSR count). The molecule has 2 aromatic rings. The van der Waals surface area contributed by atoms with Crippen LogP contribution in [0.4, 0.5) is 0 Å². The fourth-order valence-corrected chi connectivity index (χ4v) is 1.29. The van der Waals surface area contributed by atoms with Crippen molar-refractivity contribution in [3.05, 3.63) is 42.6 Å². The Kier molecular flexibility index (Phi) is 1.85. The minimum atomic E-state index is 0.959. The van der Waals surface area contributed by atoms with Gasteiger partial charge in [0.25, 0.3) is 5.82 Å². The second kappa shape index (κ2) is 3.01. The van der Waals surface area contributed by atoms with Crippen LogP contribution in [-0.2, 0) is 7.05 Å². The van der Waals surface area contributed by atoms with E-state index in [9.17, 15) is 0 Å². The Hall–Kier alpha value is -1.64. The standard InChI is InChI=1S/C10H12N3/c1-9-12(2)7-8-13(9)10-5-3-4-6-11-10/h3-8H,1-2H3/q+1. The Bertz CT molecular complexity index is 403. The number of hydrogen-bond acceptors (Lipinski definition) is 1. The van der Waals surface area contributed by atoms with Crippen LogP contribution >= 0.6 is 0 Å². The van der Waals surface area contributed by atoms with Gasteiger partial charge in [-0.25, -0.2) is 9.55 Å². The van der Waals surface area contributed by atoms with Crippen molar-refractivity contribution in [3.63, 3.8) is 0 Å². The first-order chi connectivity index (χ1) is 6.29. The van der Waals surface area contributed by atoms with Crippen molar-refractivity contribution in [3.8, 4) is 5.82 Å². The summed E-state index contributed by atoms with van der Waals surface area (Å²) in [6, 6.07) is 5.90. The summed E-state index contributed by atoms with van der Waals surface area (Å²) in [5, 5.41) is 0. The maximum absolute atomic E-state index is 4.27. The summed E-state index contributed by atoms with van der Waals surface area (Å²) in [7, 11) is 2.02. The lowest BCUT2D eigenvalue weighted by Crippen LogP contribution is -2.29. The second-order valence-electron chi connectivity index (χ2n) is 3.01. The maximum Gasteiger partial charge on any atom is 0.259 e. The van der Waals surface area contributed by atoms with Gasteiger partial charge in [-0.1, -0.05) is 6.07 Å². The molecule has 0 N–H and O–H groups in total. The number of aromatic nitrogens is 3. The van der Waals surface area contributed by atoms with Gasteiger partial charge in [-0.2, -0.15) is 4.57 Å². The lowest BCUT2D eigenvalue weighted by atomic mass is 10.4. The van der Waals surface area contributed by atoms with Crippen molar-refractivity contribution in [1.29, 1.82) is 0 Å². The van der Waals surface area contributed by atoms with E-state index in [1.807, 2.05) is 37.6 Å². The van der Waals surface area contributed by atoms with E-state index in [1.165, 1.54) is 5.82 Å². The molecule has 2 heterocycles. The SMILES string of the molecule is Cc1n(-c2ccccn2)cc[n+]1C. The van der Waals surface area contributed by atoms with Gasteiger partial charge >= 0.3 is 0 Å². The van der Waals surface area contributed by atoms with Gasteiger partial charge in [0.15, 0.2) is 0 Å². The van der Waals surface area contributed by atoms with E-state index in [1.54, 1.807) is 6.20 Å². The third-order valence-electron chi connectivity index (χ3n) is 2.19. The highest BCUT2D eigenvalue weighted by molar-refractivity contribution is 5.21. The van der Waals surface area contributed by atoms with Gasteiger partial charge in [0.05, 0.1) is 7.05 Å². The smallest absolute Gasteiger partial charge is 0.237 e. The zero-order chi connectivity index (χ0) is 9.26. The summed E-state index contributed by atoms with van der Waals surface area (Å²) in [6.07, 6.45) is 5.83. The number of hydrogen-bond donors (Lipinski definition) is 0. The number of nitrogens with zero attached hydrogens (tertiary/aromatic N) is 3. The first kappa shape index (κ1) is 7.98. The molecule has 0 aliphatic carbocycles. The Morgan fingerprint density at radius 2 is 2.23 bits per heavy atom. The molecule has 0 atom stereocenters. The van der Waals surface area contributed by atoms with Crippen LogP contribution in [0.2, 0.25) is 0 Å². The molecule has 0 saturated heterocycles. The minimum Gasteiger partial charge on any atom is -0.237 e. The summed E-state index contributed by atoms with van der Waals surface area (Å²) < 4.78 is 4.12. The lowest BCUT2D eigenvalue weighted by Gasteiger charge is -1.95. The van der Waals surface area contributed by atoms with Gasteiger partial charge in [-0.3, -0.25) is 0 Å². The highest BCUT2D eigenvalue weighted by atomic mass is 15.2. The highest BCUT2D eigenvalue weighted by Crippen LogP contribution is 2.03. The molecule has 0 saturated carbocycles. The molecule has 0 unspecified atom stereocenters. The molecule has 2 aromatic heterocycles. The minimum absolute atomic E-state index is 0.959. The average molecular weight is 174 g/mol. The zero-order valence-corrected chi connectivity index (χ0v) is 7.81.